The molecule has 0 spiro atoms. The van der Waals surface area contributed by atoms with Crippen LogP contribution in [0.5, 0.6) is 5.75 Å². The van der Waals surface area contributed by atoms with E-state index in [1.165, 1.54) is 30.6 Å². The molecule has 2 N–H and O–H groups in total. The Morgan fingerprint density at radius 1 is 1.31 bits per heavy atom. The molecule has 2 heterocycles. The molecular weight excluding hydrogens is 437 g/mol. The number of halogens is 2. The van der Waals surface area contributed by atoms with Crippen LogP contribution in [0, 0.1) is 5.82 Å². The molecule has 3 aromatic rings. The van der Waals surface area contributed by atoms with Gasteiger partial charge in [0.15, 0.2) is 5.82 Å². The van der Waals surface area contributed by atoms with Gasteiger partial charge in [0, 0.05) is 18.7 Å². The molecule has 0 aliphatic heterocycles. The Kier molecular flexibility index (Phi) is 8.15. The first-order valence-corrected chi connectivity index (χ1v) is 10.3. The topological polar surface area (TPSA) is 98.3 Å². The molecule has 0 aliphatic rings. The minimum Gasteiger partial charge on any atom is -0.493 e. The van der Waals surface area contributed by atoms with E-state index in [2.05, 4.69) is 32.2 Å². The highest BCUT2D eigenvalue weighted by atomic mass is 35.5. The van der Waals surface area contributed by atoms with Crippen molar-refractivity contribution >= 4 is 34.5 Å². The minimum absolute atomic E-state index is 0.272. The van der Waals surface area contributed by atoms with Gasteiger partial charge in [0.1, 0.15) is 34.7 Å². The Labute approximate surface area is 189 Å². The highest BCUT2D eigenvalue weighted by Crippen LogP contribution is 2.29. The van der Waals surface area contributed by atoms with Gasteiger partial charge in [0.2, 0.25) is 0 Å². The van der Waals surface area contributed by atoms with Crippen molar-refractivity contribution in [3.05, 3.63) is 65.8 Å². The van der Waals surface area contributed by atoms with E-state index in [0.29, 0.717) is 52.9 Å². The number of hydrogen-bond acceptors (Lipinski definition) is 7. The van der Waals surface area contributed by atoms with E-state index in [1.54, 1.807) is 19.1 Å². The zero-order valence-corrected chi connectivity index (χ0v) is 18.2. The normalized spacial score (nSPS) is 11.6. The van der Waals surface area contributed by atoms with E-state index >= 15 is 0 Å². The lowest BCUT2D eigenvalue weighted by atomic mass is 10.1. The number of aromatic nitrogens is 3. The van der Waals surface area contributed by atoms with Gasteiger partial charge in [-0.3, -0.25) is 0 Å². The number of fused-ring (bicyclic) bond motifs is 1. The summed E-state index contributed by atoms with van der Waals surface area (Å²) in [5.74, 6) is 0.571. The standard InChI is InChI=1S/C22H23ClFN5O3/c1-3-9-26-22(30)32-14(2)16-12-15(24)5-7-18(16)31-11-4-10-25-21-20-17(27-13-28-21)6-8-19(23)29-20/h3,5-8,12-14H,1,4,9-11H2,2H3,(H,26,30)(H,25,27,28). The van der Waals surface area contributed by atoms with E-state index in [9.17, 15) is 9.18 Å². The lowest BCUT2D eigenvalue weighted by Crippen LogP contribution is -2.25. The molecule has 0 saturated carbocycles. The van der Waals surface area contributed by atoms with Gasteiger partial charge < -0.3 is 20.1 Å². The molecule has 0 fully saturated rings. The molecule has 1 unspecified atom stereocenters. The highest BCUT2D eigenvalue weighted by Gasteiger charge is 2.17. The van der Waals surface area contributed by atoms with Crippen LogP contribution in [0.2, 0.25) is 5.15 Å². The van der Waals surface area contributed by atoms with Crippen molar-refractivity contribution in [1.82, 2.24) is 20.3 Å². The van der Waals surface area contributed by atoms with Gasteiger partial charge in [-0.15, -0.1) is 6.58 Å². The van der Waals surface area contributed by atoms with Crippen molar-refractivity contribution in [1.29, 1.82) is 0 Å². The molecule has 10 heteroatoms. The second-order valence-corrected chi connectivity index (χ2v) is 7.14. The smallest absolute Gasteiger partial charge is 0.407 e. The Balaban J connectivity index is 1.55. The average molecular weight is 460 g/mol. The minimum atomic E-state index is -0.702. The zero-order chi connectivity index (χ0) is 22.9. The molecule has 1 atom stereocenters. The van der Waals surface area contributed by atoms with Gasteiger partial charge in [-0.2, -0.15) is 0 Å². The zero-order valence-electron chi connectivity index (χ0n) is 17.5. The van der Waals surface area contributed by atoms with Crippen molar-refractivity contribution in [2.24, 2.45) is 0 Å². The largest absolute Gasteiger partial charge is 0.493 e. The van der Waals surface area contributed by atoms with Crippen LogP contribution >= 0.6 is 11.6 Å². The van der Waals surface area contributed by atoms with Crippen molar-refractivity contribution in [3.63, 3.8) is 0 Å². The van der Waals surface area contributed by atoms with E-state index in [4.69, 9.17) is 21.1 Å². The Bertz CT molecular complexity index is 1100. The maximum atomic E-state index is 13.8. The second-order valence-electron chi connectivity index (χ2n) is 6.75. The van der Waals surface area contributed by atoms with Gasteiger partial charge in [-0.1, -0.05) is 17.7 Å². The average Bonchev–Trinajstić information content (AvgIpc) is 2.78. The number of alkyl carbamates (subject to hydrolysis) is 1. The summed E-state index contributed by atoms with van der Waals surface area (Å²) in [4.78, 5) is 24.4. The lowest BCUT2D eigenvalue weighted by molar-refractivity contribution is 0.106. The number of rotatable bonds is 10. The lowest BCUT2D eigenvalue weighted by Gasteiger charge is -2.18. The first-order valence-electron chi connectivity index (χ1n) is 9.96. The van der Waals surface area contributed by atoms with Gasteiger partial charge in [0.25, 0.3) is 0 Å². The van der Waals surface area contributed by atoms with Crippen LogP contribution in [-0.4, -0.2) is 40.7 Å². The van der Waals surface area contributed by atoms with Crippen LogP contribution in [0.15, 0.2) is 49.3 Å². The fourth-order valence-corrected chi connectivity index (χ4v) is 3.04. The molecular formula is C22H23ClFN5O3. The number of benzene rings is 1. The molecule has 0 saturated heterocycles. The van der Waals surface area contributed by atoms with Crippen molar-refractivity contribution in [2.45, 2.75) is 19.4 Å². The number of carbonyl (C=O) groups excluding carboxylic acids is 1. The quantitative estimate of drug-likeness (QED) is 0.258. The van der Waals surface area contributed by atoms with E-state index < -0.39 is 18.0 Å². The SMILES string of the molecule is C=CCNC(=O)OC(C)c1cc(F)ccc1OCCCNc1ncnc2ccc(Cl)nc12. The first kappa shape index (κ1) is 23.2. The molecule has 0 bridgehead atoms. The predicted molar refractivity (Wildman–Crippen MR) is 120 cm³/mol. The molecule has 3 rings (SSSR count). The number of carbonyl (C=O) groups is 1. The van der Waals surface area contributed by atoms with E-state index in [1.807, 2.05) is 0 Å². The fraction of sp³-hybridized carbons (Fsp3) is 0.273. The molecule has 168 valence electrons. The predicted octanol–water partition coefficient (Wildman–Crippen LogP) is 4.67. The number of ether oxygens (including phenoxy) is 2. The number of amides is 1. The number of hydrogen-bond donors (Lipinski definition) is 2. The van der Waals surface area contributed by atoms with Gasteiger partial charge in [-0.05, 0) is 43.7 Å². The molecule has 1 amide bonds. The molecule has 1 aromatic carbocycles. The Morgan fingerprint density at radius 3 is 2.97 bits per heavy atom. The Hall–Kier alpha value is -3.46. The van der Waals surface area contributed by atoms with Crippen LogP contribution in [-0.2, 0) is 4.74 Å². The third-order valence-corrected chi connectivity index (χ3v) is 4.61. The molecule has 8 nitrogen and oxygen atoms in total. The second kappa shape index (κ2) is 11.2. The molecule has 2 aromatic heterocycles. The number of nitrogens with zero attached hydrogens (tertiary/aromatic N) is 3. The van der Waals surface area contributed by atoms with Crippen molar-refractivity contribution in [2.75, 3.05) is 25.0 Å². The van der Waals surface area contributed by atoms with Gasteiger partial charge in [0.05, 0.1) is 12.1 Å². The van der Waals surface area contributed by atoms with Gasteiger partial charge >= 0.3 is 6.09 Å². The van der Waals surface area contributed by atoms with Crippen LogP contribution in [0.4, 0.5) is 15.0 Å². The fourth-order valence-electron chi connectivity index (χ4n) is 2.90. The number of pyridine rings is 1. The van der Waals surface area contributed by atoms with Crippen molar-refractivity contribution < 1.29 is 18.7 Å². The summed E-state index contributed by atoms with van der Waals surface area (Å²) >= 11 is 5.97. The molecule has 0 aliphatic carbocycles. The monoisotopic (exact) mass is 459 g/mol. The Morgan fingerprint density at radius 2 is 2.16 bits per heavy atom. The summed E-state index contributed by atoms with van der Waals surface area (Å²) < 4.78 is 24.9. The maximum Gasteiger partial charge on any atom is 0.407 e. The van der Waals surface area contributed by atoms with E-state index in [0.717, 1.165) is 0 Å². The summed E-state index contributed by atoms with van der Waals surface area (Å²) in [5, 5.41) is 6.07. The van der Waals surface area contributed by atoms with Crippen LogP contribution < -0.4 is 15.4 Å². The number of nitrogens with one attached hydrogen (secondary N) is 2. The highest BCUT2D eigenvalue weighted by molar-refractivity contribution is 6.29. The van der Waals surface area contributed by atoms with E-state index in [-0.39, 0.29) is 6.54 Å². The van der Waals surface area contributed by atoms with Crippen LogP contribution in [0.1, 0.15) is 25.0 Å². The van der Waals surface area contributed by atoms with Gasteiger partial charge in [-0.25, -0.2) is 24.1 Å². The summed E-state index contributed by atoms with van der Waals surface area (Å²) in [7, 11) is 0. The number of anilines is 1. The van der Waals surface area contributed by atoms with Crippen molar-refractivity contribution in [3.8, 4) is 5.75 Å². The van der Waals surface area contributed by atoms with Crippen LogP contribution in [0.3, 0.4) is 0 Å². The molecule has 0 radical (unpaired) electrons. The summed E-state index contributed by atoms with van der Waals surface area (Å²) in [6, 6.07) is 7.55. The summed E-state index contributed by atoms with van der Waals surface area (Å²) in [5.41, 5.74) is 1.71. The third kappa shape index (κ3) is 6.27. The first-order chi connectivity index (χ1) is 15.5. The summed E-state index contributed by atoms with van der Waals surface area (Å²) in [6.07, 6.45) is 2.28. The molecule has 32 heavy (non-hydrogen) atoms. The maximum absolute atomic E-state index is 13.8. The summed E-state index contributed by atoms with van der Waals surface area (Å²) in [6.45, 7) is 6.34. The van der Waals surface area contributed by atoms with Crippen LogP contribution in [0.25, 0.3) is 11.0 Å². The third-order valence-electron chi connectivity index (χ3n) is 4.40.